The fourth-order valence-electron chi connectivity index (χ4n) is 2.82. The average Bonchev–Trinajstić information content (AvgIpc) is 2.80. The molecule has 1 heterocycles. The van der Waals surface area contributed by atoms with E-state index in [-0.39, 0.29) is 17.6 Å². The van der Waals surface area contributed by atoms with Gasteiger partial charge in [0.1, 0.15) is 0 Å². The molecule has 114 valence electrons. The molecule has 0 aliphatic heterocycles. The van der Waals surface area contributed by atoms with Crippen LogP contribution in [0.4, 0.5) is 0 Å². The molecule has 6 nitrogen and oxygen atoms in total. The van der Waals surface area contributed by atoms with Crippen LogP contribution in [0.15, 0.2) is 5.03 Å². The van der Waals surface area contributed by atoms with Gasteiger partial charge in [-0.25, -0.2) is 8.42 Å². The molecule has 0 spiro atoms. The summed E-state index contributed by atoms with van der Waals surface area (Å²) in [6, 6.07) is 0.0684. The molecule has 0 bridgehead atoms. The number of hydrogen-bond acceptors (Lipinski definition) is 4. The maximum absolute atomic E-state index is 12.7. The largest absolute Gasteiger partial charge is 0.326 e. The summed E-state index contributed by atoms with van der Waals surface area (Å²) in [6.45, 7) is 4.18. The lowest BCUT2D eigenvalue weighted by Crippen LogP contribution is -2.39. The van der Waals surface area contributed by atoms with Crippen molar-refractivity contribution in [2.45, 2.75) is 57.1 Å². The molecule has 0 unspecified atom stereocenters. The van der Waals surface area contributed by atoms with E-state index < -0.39 is 10.0 Å². The van der Waals surface area contributed by atoms with Gasteiger partial charge in [0, 0.05) is 30.9 Å². The number of nitrogens with one attached hydrogen (secondary N) is 1. The summed E-state index contributed by atoms with van der Waals surface area (Å²) >= 11 is 0. The van der Waals surface area contributed by atoms with Gasteiger partial charge in [-0.3, -0.25) is 5.10 Å². The zero-order valence-corrected chi connectivity index (χ0v) is 13.2. The van der Waals surface area contributed by atoms with Crippen LogP contribution in [0.2, 0.25) is 0 Å². The standard InChI is InChI=1S/C13H24N4O2S/c1-9-4-6-11(7-5-9)17(3)20(18,19)13-12(8-14)10(2)15-16-13/h9,11H,4-8,14H2,1-3H3,(H,15,16). The van der Waals surface area contributed by atoms with Crippen LogP contribution in [0.25, 0.3) is 0 Å². The number of aromatic amines is 1. The van der Waals surface area contributed by atoms with Crippen LogP contribution >= 0.6 is 0 Å². The number of nitrogens with zero attached hydrogens (tertiary/aromatic N) is 2. The highest BCUT2D eigenvalue weighted by molar-refractivity contribution is 7.89. The summed E-state index contributed by atoms with van der Waals surface area (Å²) in [5.41, 5.74) is 6.95. The van der Waals surface area contributed by atoms with Crippen molar-refractivity contribution in [2.24, 2.45) is 11.7 Å². The molecule has 20 heavy (non-hydrogen) atoms. The second-order valence-corrected chi connectivity index (χ2v) is 7.68. The first kappa shape index (κ1) is 15.5. The van der Waals surface area contributed by atoms with E-state index in [1.54, 1.807) is 14.0 Å². The van der Waals surface area contributed by atoms with Crippen molar-refractivity contribution in [1.29, 1.82) is 0 Å². The third-order valence-corrected chi connectivity index (χ3v) is 6.25. The van der Waals surface area contributed by atoms with Crippen molar-refractivity contribution in [3.8, 4) is 0 Å². The van der Waals surface area contributed by atoms with Crippen LogP contribution in [0.5, 0.6) is 0 Å². The van der Waals surface area contributed by atoms with Gasteiger partial charge in [-0.1, -0.05) is 6.92 Å². The lowest BCUT2D eigenvalue weighted by molar-refractivity contribution is 0.245. The fraction of sp³-hybridized carbons (Fsp3) is 0.769. The minimum atomic E-state index is -3.57. The Bertz CT molecular complexity index is 559. The summed E-state index contributed by atoms with van der Waals surface area (Å²) < 4.78 is 26.9. The summed E-state index contributed by atoms with van der Waals surface area (Å²) in [6.07, 6.45) is 3.98. The van der Waals surface area contributed by atoms with E-state index in [9.17, 15) is 8.42 Å². The fourth-order valence-corrected chi connectivity index (χ4v) is 4.41. The molecule has 1 aromatic rings. The van der Waals surface area contributed by atoms with E-state index in [1.165, 1.54) is 4.31 Å². The van der Waals surface area contributed by atoms with Crippen LogP contribution in [0, 0.1) is 12.8 Å². The van der Waals surface area contributed by atoms with Crippen molar-refractivity contribution in [2.75, 3.05) is 7.05 Å². The van der Waals surface area contributed by atoms with Crippen molar-refractivity contribution < 1.29 is 8.42 Å². The first-order valence-corrected chi connectivity index (χ1v) is 8.53. The molecule has 1 aromatic heterocycles. The first-order chi connectivity index (χ1) is 9.37. The molecule has 1 saturated carbocycles. The van der Waals surface area contributed by atoms with Gasteiger partial charge in [0.05, 0.1) is 0 Å². The van der Waals surface area contributed by atoms with Gasteiger partial charge in [0.25, 0.3) is 10.0 Å². The average molecular weight is 300 g/mol. The first-order valence-electron chi connectivity index (χ1n) is 7.09. The Morgan fingerprint density at radius 1 is 1.35 bits per heavy atom. The zero-order valence-electron chi connectivity index (χ0n) is 12.4. The number of aromatic nitrogens is 2. The third-order valence-electron chi connectivity index (χ3n) is 4.36. The smallest absolute Gasteiger partial charge is 0.262 e. The van der Waals surface area contributed by atoms with E-state index in [1.807, 2.05) is 0 Å². The van der Waals surface area contributed by atoms with Crippen LogP contribution in [0.3, 0.4) is 0 Å². The Morgan fingerprint density at radius 2 is 1.95 bits per heavy atom. The van der Waals surface area contributed by atoms with Gasteiger partial charge in [0.2, 0.25) is 0 Å². The van der Waals surface area contributed by atoms with Gasteiger partial charge in [0.15, 0.2) is 5.03 Å². The van der Waals surface area contributed by atoms with E-state index in [2.05, 4.69) is 17.1 Å². The van der Waals surface area contributed by atoms with Crippen LogP contribution in [-0.2, 0) is 16.6 Å². The van der Waals surface area contributed by atoms with Crippen molar-refractivity contribution in [3.63, 3.8) is 0 Å². The Hall–Kier alpha value is -0.920. The molecular weight excluding hydrogens is 276 g/mol. The lowest BCUT2D eigenvalue weighted by atomic mass is 9.87. The van der Waals surface area contributed by atoms with Crippen molar-refractivity contribution in [3.05, 3.63) is 11.3 Å². The Labute approximate surface area is 120 Å². The highest BCUT2D eigenvalue weighted by atomic mass is 32.2. The zero-order chi connectivity index (χ0) is 14.9. The lowest BCUT2D eigenvalue weighted by Gasteiger charge is -2.32. The van der Waals surface area contributed by atoms with Gasteiger partial charge < -0.3 is 5.73 Å². The Morgan fingerprint density at radius 3 is 2.50 bits per heavy atom. The number of hydrogen-bond donors (Lipinski definition) is 2. The number of rotatable bonds is 4. The van der Waals surface area contributed by atoms with E-state index in [0.29, 0.717) is 11.5 Å². The molecule has 0 radical (unpaired) electrons. The Balaban J connectivity index is 2.25. The molecule has 1 aliphatic carbocycles. The van der Waals surface area contributed by atoms with Crippen LogP contribution < -0.4 is 5.73 Å². The minimum Gasteiger partial charge on any atom is -0.326 e. The molecule has 0 aromatic carbocycles. The summed E-state index contributed by atoms with van der Waals surface area (Å²) in [4.78, 5) is 0. The maximum atomic E-state index is 12.7. The SMILES string of the molecule is Cc1[nH]nc(S(=O)(=O)N(C)C2CCC(C)CC2)c1CN. The third kappa shape index (κ3) is 2.75. The molecule has 0 atom stereocenters. The van der Waals surface area contributed by atoms with Crippen molar-refractivity contribution >= 4 is 10.0 Å². The minimum absolute atomic E-state index is 0.0684. The number of sulfonamides is 1. The molecule has 7 heteroatoms. The number of H-pyrrole nitrogens is 1. The van der Waals surface area contributed by atoms with E-state index >= 15 is 0 Å². The van der Waals surface area contributed by atoms with Gasteiger partial charge >= 0.3 is 0 Å². The predicted octanol–water partition coefficient (Wildman–Crippen LogP) is 1.38. The van der Waals surface area contributed by atoms with Gasteiger partial charge in [-0.15, -0.1) is 0 Å². The second-order valence-electron chi connectivity index (χ2n) is 5.77. The number of nitrogens with two attached hydrogens (primary N) is 1. The Kier molecular flexibility index (Phi) is 4.51. The highest BCUT2D eigenvalue weighted by Crippen LogP contribution is 2.30. The normalized spacial score (nSPS) is 24.2. The van der Waals surface area contributed by atoms with Crippen LogP contribution in [0.1, 0.15) is 43.9 Å². The van der Waals surface area contributed by atoms with E-state index in [4.69, 9.17) is 5.73 Å². The topological polar surface area (TPSA) is 92.1 Å². The second kappa shape index (κ2) is 5.83. The summed E-state index contributed by atoms with van der Waals surface area (Å²) in [5, 5.41) is 6.76. The monoisotopic (exact) mass is 300 g/mol. The quantitative estimate of drug-likeness (QED) is 0.878. The molecular formula is C13H24N4O2S. The summed E-state index contributed by atoms with van der Waals surface area (Å²) in [5.74, 6) is 0.689. The van der Waals surface area contributed by atoms with Gasteiger partial charge in [-0.05, 0) is 38.5 Å². The molecule has 1 fully saturated rings. The van der Waals surface area contributed by atoms with E-state index in [0.717, 1.165) is 31.4 Å². The molecule has 0 saturated heterocycles. The molecule has 2 rings (SSSR count). The summed E-state index contributed by atoms with van der Waals surface area (Å²) in [7, 11) is -1.91. The predicted molar refractivity (Wildman–Crippen MR) is 77.6 cm³/mol. The maximum Gasteiger partial charge on any atom is 0.262 e. The van der Waals surface area contributed by atoms with Crippen LogP contribution in [-0.4, -0.2) is 36.0 Å². The highest BCUT2D eigenvalue weighted by Gasteiger charge is 2.33. The molecule has 3 N–H and O–H groups in total. The van der Waals surface area contributed by atoms with Gasteiger partial charge in [-0.2, -0.15) is 9.40 Å². The molecule has 0 amide bonds. The van der Waals surface area contributed by atoms with Crippen molar-refractivity contribution in [1.82, 2.24) is 14.5 Å². The number of aryl methyl sites for hydroxylation is 1. The molecule has 1 aliphatic rings.